The fourth-order valence-corrected chi connectivity index (χ4v) is 1.10. The van der Waals surface area contributed by atoms with Crippen LogP contribution in [0, 0.1) is 5.95 Å². The third-order valence-corrected chi connectivity index (χ3v) is 1.80. The van der Waals surface area contributed by atoms with Gasteiger partial charge in [0, 0.05) is 6.20 Å². The summed E-state index contributed by atoms with van der Waals surface area (Å²) in [5, 5.41) is 7.60. The van der Waals surface area contributed by atoms with Crippen LogP contribution in [-0.2, 0) is 0 Å². The van der Waals surface area contributed by atoms with Crippen LogP contribution < -0.4 is 0 Å². The summed E-state index contributed by atoms with van der Waals surface area (Å²) >= 11 is 5.19. The molecule has 1 aromatic heterocycles. The Kier molecular flexibility index (Phi) is 2.95. The molecule has 0 bridgehead atoms. The van der Waals surface area contributed by atoms with E-state index in [1.54, 1.807) is 0 Å². The van der Waals surface area contributed by atoms with Gasteiger partial charge in [-0.05, 0) is 0 Å². The number of hydrogen-bond donors (Lipinski definition) is 1. The number of carboxylic acids is 1. The molecule has 0 unspecified atom stereocenters. The third kappa shape index (κ3) is 1.79. The zero-order valence-electron chi connectivity index (χ0n) is 6.47. The van der Waals surface area contributed by atoms with E-state index in [9.17, 15) is 18.0 Å². The van der Waals surface area contributed by atoms with Crippen molar-refractivity contribution in [1.29, 1.82) is 0 Å². The second kappa shape index (κ2) is 3.83. The molecule has 76 valence electrons. The van der Waals surface area contributed by atoms with Gasteiger partial charge in [-0.3, -0.25) is 0 Å². The highest BCUT2D eigenvalue weighted by molar-refractivity contribution is 6.33. The first kappa shape index (κ1) is 10.8. The van der Waals surface area contributed by atoms with E-state index in [1.807, 2.05) is 0 Å². The average molecular weight is 226 g/mol. The molecule has 0 spiro atoms. The summed E-state index contributed by atoms with van der Waals surface area (Å²) in [6, 6.07) is 0. The summed E-state index contributed by atoms with van der Waals surface area (Å²) in [6.45, 7) is 0. The number of aromatic nitrogens is 1. The van der Waals surface area contributed by atoms with Crippen LogP contribution in [0.3, 0.4) is 0 Å². The zero-order chi connectivity index (χ0) is 10.9. The number of nitrogens with zero attached hydrogens (tertiary/aromatic N) is 1. The number of pyridine rings is 1. The molecule has 0 amide bonds. The van der Waals surface area contributed by atoms with Crippen molar-refractivity contribution < 1.29 is 23.1 Å². The van der Waals surface area contributed by atoms with Gasteiger partial charge in [-0.2, -0.15) is 4.39 Å². The van der Waals surface area contributed by atoms with Gasteiger partial charge in [0.1, 0.15) is 5.02 Å². The first-order chi connectivity index (χ1) is 6.45. The number of alkyl halides is 2. The number of rotatable bonds is 2. The van der Waals surface area contributed by atoms with Gasteiger partial charge < -0.3 is 5.11 Å². The van der Waals surface area contributed by atoms with Crippen LogP contribution in [-0.4, -0.2) is 16.1 Å². The van der Waals surface area contributed by atoms with Gasteiger partial charge >= 0.3 is 5.97 Å². The van der Waals surface area contributed by atoms with Crippen molar-refractivity contribution in [2.75, 3.05) is 0 Å². The molecular weight excluding hydrogens is 223 g/mol. The topological polar surface area (TPSA) is 50.2 Å². The Hall–Kier alpha value is -1.30. The number of carbonyl (C=O) groups is 1. The predicted molar refractivity (Wildman–Crippen MR) is 41.1 cm³/mol. The standard InChI is InChI=1S/C7H3ClF3NO2/c8-4-3(7(13)14)2(5(9)10)1-12-6(4)11/h1,5H,(H,13,14). The highest BCUT2D eigenvalue weighted by Gasteiger charge is 2.24. The van der Waals surface area contributed by atoms with Crippen molar-refractivity contribution in [3.8, 4) is 0 Å². The van der Waals surface area contributed by atoms with Crippen molar-refractivity contribution in [1.82, 2.24) is 4.98 Å². The molecule has 0 saturated carbocycles. The van der Waals surface area contributed by atoms with Gasteiger partial charge in [-0.15, -0.1) is 0 Å². The van der Waals surface area contributed by atoms with Crippen LogP contribution in [0.5, 0.6) is 0 Å². The fourth-order valence-electron chi connectivity index (χ4n) is 0.860. The van der Waals surface area contributed by atoms with E-state index in [-0.39, 0.29) is 0 Å². The normalized spacial score (nSPS) is 10.6. The highest BCUT2D eigenvalue weighted by Crippen LogP contribution is 2.28. The van der Waals surface area contributed by atoms with Crippen molar-refractivity contribution in [2.24, 2.45) is 0 Å². The zero-order valence-corrected chi connectivity index (χ0v) is 7.23. The van der Waals surface area contributed by atoms with E-state index < -0.39 is 34.5 Å². The van der Waals surface area contributed by atoms with Gasteiger partial charge in [0.05, 0.1) is 11.1 Å². The van der Waals surface area contributed by atoms with Gasteiger partial charge in [0.2, 0.25) is 5.95 Å². The van der Waals surface area contributed by atoms with Crippen LogP contribution in [0.25, 0.3) is 0 Å². The number of carboxylic acid groups (broad SMARTS) is 1. The van der Waals surface area contributed by atoms with Crippen molar-refractivity contribution in [2.45, 2.75) is 6.43 Å². The molecule has 0 atom stereocenters. The lowest BCUT2D eigenvalue weighted by Gasteiger charge is -2.05. The van der Waals surface area contributed by atoms with Crippen molar-refractivity contribution >= 4 is 17.6 Å². The Balaban J connectivity index is 3.45. The van der Waals surface area contributed by atoms with E-state index in [1.165, 1.54) is 0 Å². The summed E-state index contributed by atoms with van der Waals surface area (Å²) in [6.07, 6.45) is -2.61. The lowest BCUT2D eigenvalue weighted by Crippen LogP contribution is -2.07. The molecule has 1 rings (SSSR count). The molecule has 0 aliphatic rings. The molecule has 0 saturated heterocycles. The molecule has 1 aromatic rings. The molecular formula is C7H3ClF3NO2. The van der Waals surface area contributed by atoms with Gasteiger partial charge in [-0.25, -0.2) is 18.6 Å². The SMILES string of the molecule is O=C(O)c1c(C(F)F)cnc(F)c1Cl. The fraction of sp³-hybridized carbons (Fsp3) is 0.143. The van der Waals surface area contributed by atoms with Crippen LogP contribution >= 0.6 is 11.6 Å². The molecule has 0 aliphatic carbocycles. The van der Waals surface area contributed by atoms with E-state index in [2.05, 4.69) is 4.98 Å². The van der Waals surface area contributed by atoms with E-state index in [4.69, 9.17) is 16.7 Å². The molecule has 1 N–H and O–H groups in total. The number of halogens is 4. The molecule has 1 heterocycles. The maximum Gasteiger partial charge on any atom is 0.337 e. The van der Waals surface area contributed by atoms with E-state index >= 15 is 0 Å². The summed E-state index contributed by atoms with van der Waals surface area (Å²) in [7, 11) is 0. The summed E-state index contributed by atoms with van der Waals surface area (Å²) in [5.74, 6) is -3.00. The number of aromatic carboxylic acids is 1. The first-order valence-electron chi connectivity index (χ1n) is 3.30. The van der Waals surface area contributed by atoms with Crippen LogP contribution in [0.4, 0.5) is 13.2 Å². The predicted octanol–water partition coefficient (Wildman–Crippen LogP) is 2.51. The monoisotopic (exact) mass is 225 g/mol. The minimum atomic E-state index is -3.06. The number of hydrogen-bond acceptors (Lipinski definition) is 2. The Labute approximate surface area is 81.1 Å². The largest absolute Gasteiger partial charge is 0.478 e. The molecule has 0 radical (unpaired) electrons. The Morgan fingerprint density at radius 3 is 2.57 bits per heavy atom. The van der Waals surface area contributed by atoms with Gasteiger partial charge in [0.25, 0.3) is 6.43 Å². The second-order valence-electron chi connectivity index (χ2n) is 2.30. The Morgan fingerprint density at radius 1 is 1.57 bits per heavy atom. The van der Waals surface area contributed by atoms with Crippen LogP contribution in [0.15, 0.2) is 6.20 Å². The lowest BCUT2D eigenvalue weighted by molar-refractivity contribution is 0.0683. The summed E-state index contributed by atoms with van der Waals surface area (Å²) < 4.78 is 37.1. The highest BCUT2D eigenvalue weighted by atomic mass is 35.5. The molecule has 0 aromatic carbocycles. The molecule has 3 nitrogen and oxygen atoms in total. The van der Waals surface area contributed by atoms with Crippen molar-refractivity contribution in [3.63, 3.8) is 0 Å². The van der Waals surface area contributed by atoms with Crippen molar-refractivity contribution in [3.05, 3.63) is 28.3 Å². The smallest absolute Gasteiger partial charge is 0.337 e. The quantitative estimate of drug-likeness (QED) is 0.787. The molecule has 0 aliphatic heterocycles. The summed E-state index contributed by atoms with van der Waals surface area (Å²) in [4.78, 5) is 13.4. The van der Waals surface area contributed by atoms with Crippen LogP contribution in [0.1, 0.15) is 22.3 Å². The lowest BCUT2D eigenvalue weighted by atomic mass is 10.1. The van der Waals surface area contributed by atoms with Gasteiger partial charge in [-0.1, -0.05) is 11.6 Å². The maximum atomic E-state index is 12.6. The van der Waals surface area contributed by atoms with Gasteiger partial charge in [0.15, 0.2) is 0 Å². The van der Waals surface area contributed by atoms with Crippen LogP contribution in [0.2, 0.25) is 5.02 Å². The average Bonchev–Trinajstić information content (AvgIpc) is 2.08. The summed E-state index contributed by atoms with van der Waals surface area (Å²) in [5.41, 5.74) is -1.85. The Bertz CT molecular complexity index is 383. The minimum absolute atomic E-state index is 0.454. The first-order valence-corrected chi connectivity index (χ1v) is 3.68. The Morgan fingerprint density at radius 2 is 2.14 bits per heavy atom. The minimum Gasteiger partial charge on any atom is -0.478 e. The molecule has 0 fully saturated rings. The maximum absolute atomic E-state index is 12.6. The second-order valence-corrected chi connectivity index (χ2v) is 2.68. The molecule has 14 heavy (non-hydrogen) atoms. The van der Waals surface area contributed by atoms with E-state index in [0.717, 1.165) is 0 Å². The molecule has 7 heteroatoms. The third-order valence-electron chi connectivity index (χ3n) is 1.46. The van der Waals surface area contributed by atoms with E-state index in [0.29, 0.717) is 6.20 Å².